The van der Waals surface area contributed by atoms with Gasteiger partial charge in [0.1, 0.15) is 5.75 Å². The summed E-state index contributed by atoms with van der Waals surface area (Å²) in [6, 6.07) is 6.18. The van der Waals surface area contributed by atoms with Crippen molar-refractivity contribution in [3.8, 4) is 5.75 Å². The molecule has 0 unspecified atom stereocenters. The maximum Gasteiger partial charge on any atom is 0.279 e. The van der Waals surface area contributed by atoms with Crippen LogP contribution >= 0.6 is 12.2 Å². The Bertz CT molecular complexity index is 621. The van der Waals surface area contributed by atoms with E-state index in [4.69, 9.17) is 17.0 Å². The normalized spacial score (nSPS) is 21.1. The molecule has 1 aliphatic carbocycles. The van der Waals surface area contributed by atoms with E-state index in [-0.39, 0.29) is 5.91 Å². The maximum absolute atomic E-state index is 12.2. The van der Waals surface area contributed by atoms with Crippen LogP contribution in [0.5, 0.6) is 5.75 Å². The Balaban J connectivity index is 1.78. The van der Waals surface area contributed by atoms with Crippen LogP contribution in [-0.2, 0) is 4.79 Å². The monoisotopic (exact) mass is 363 g/mol. The van der Waals surface area contributed by atoms with Crippen molar-refractivity contribution >= 4 is 23.2 Å². The highest BCUT2D eigenvalue weighted by molar-refractivity contribution is 7.80. The second-order valence-electron chi connectivity index (χ2n) is 6.91. The summed E-state index contributed by atoms with van der Waals surface area (Å²) in [5.41, 5.74) is 7.58. The molecular formula is C19H29N3O2S. The van der Waals surface area contributed by atoms with Crippen molar-refractivity contribution in [3.63, 3.8) is 0 Å². The Kier molecular flexibility index (Phi) is 7.05. The van der Waals surface area contributed by atoms with Gasteiger partial charge in [0.25, 0.3) is 5.91 Å². The molecule has 1 saturated carbocycles. The fraction of sp³-hybridized carbons (Fsp3) is 0.579. The van der Waals surface area contributed by atoms with Gasteiger partial charge in [-0.3, -0.25) is 15.6 Å². The number of carbonyl (C=O) groups is 1. The van der Waals surface area contributed by atoms with Crippen LogP contribution in [0, 0.1) is 19.8 Å². The van der Waals surface area contributed by atoms with Gasteiger partial charge in [-0.15, -0.1) is 0 Å². The van der Waals surface area contributed by atoms with Gasteiger partial charge in [-0.1, -0.05) is 31.9 Å². The highest BCUT2D eigenvalue weighted by atomic mass is 32.1. The zero-order valence-electron chi connectivity index (χ0n) is 15.5. The van der Waals surface area contributed by atoms with Crippen molar-refractivity contribution in [1.29, 1.82) is 0 Å². The highest BCUT2D eigenvalue weighted by Crippen LogP contribution is 2.23. The molecule has 3 atom stereocenters. The third-order valence-corrected chi connectivity index (χ3v) is 5.18. The van der Waals surface area contributed by atoms with Crippen LogP contribution < -0.4 is 20.9 Å². The van der Waals surface area contributed by atoms with E-state index in [9.17, 15) is 4.79 Å². The summed E-state index contributed by atoms with van der Waals surface area (Å²) >= 11 is 5.28. The van der Waals surface area contributed by atoms with Gasteiger partial charge in [-0.2, -0.15) is 0 Å². The summed E-state index contributed by atoms with van der Waals surface area (Å²) in [5.74, 6) is 1.05. The van der Waals surface area contributed by atoms with Gasteiger partial charge in [-0.25, -0.2) is 0 Å². The molecule has 5 nitrogen and oxygen atoms in total. The molecule has 0 radical (unpaired) electrons. The number of hydrazine groups is 1. The predicted molar refractivity (Wildman–Crippen MR) is 104 cm³/mol. The van der Waals surface area contributed by atoms with Gasteiger partial charge in [0, 0.05) is 6.04 Å². The number of ether oxygens (including phenoxy) is 1. The Morgan fingerprint density at radius 3 is 2.68 bits per heavy atom. The molecule has 1 aromatic carbocycles. The number of hydrogen-bond acceptors (Lipinski definition) is 3. The summed E-state index contributed by atoms with van der Waals surface area (Å²) in [7, 11) is 0. The van der Waals surface area contributed by atoms with Crippen LogP contribution in [0.1, 0.15) is 50.7 Å². The molecule has 0 saturated heterocycles. The van der Waals surface area contributed by atoms with Crippen molar-refractivity contribution in [2.75, 3.05) is 0 Å². The van der Waals surface area contributed by atoms with Crippen LogP contribution in [-0.4, -0.2) is 23.2 Å². The SMILES string of the molecule is Cc1cccc(O[C@@H](C)C(=O)NNC(=S)N[C@@H]2CCCC[C@@H]2C)c1C. The molecule has 0 spiro atoms. The lowest BCUT2D eigenvalue weighted by molar-refractivity contribution is -0.127. The lowest BCUT2D eigenvalue weighted by Gasteiger charge is -2.30. The molecule has 2 rings (SSSR count). The Hall–Kier alpha value is -1.82. The van der Waals surface area contributed by atoms with Crippen LogP contribution in [0.25, 0.3) is 0 Å². The van der Waals surface area contributed by atoms with Gasteiger partial charge in [0.2, 0.25) is 0 Å². The maximum atomic E-state index is 12.2. The number of aryl methyl sites for hydroxylation is 1. The van der Waals surface area contributed by atoms with Crippen LogP contribution in [0.2, 0.25) is 0 Å². The van der Waals surface area contributed by atoms with Crippen LogP contribution in [0.4, 0.5) is 0 Å². The molecule has 25 heavy (non-hydrogen) atoms. The number of carbonyl (C=O) groups excluding carboxylic acids is 1. The molecular weight excluding hydrogens is 334 g/mol. The smallest absolute Gasteiger partial charge is 0.279 e. The van der Waals surface area contributed by atoms with E-state index in [0.29, 0.717) is 17.1 Å². The summed E-state index contributed by atoms with van der Waals surface area (Å²) in [6.07, 6.45) is 4.21. The summed E-state index contributed by atoms with van der Waals surface area (Å²) < 4.78 is 5.77. The minimum Gasteiger partial charge on any atom is -0.481 e. The first-order valence-corrected chi connectivity index (χ1v) is 9.38. The number of hydrogen-bond donors (Lipinski definition) is 3. The Morgan fingerprint density at radius 1 is 1.24 bits per heavy atom. The Labute approximate surface area is 155 Å². The molecule has 1 amide bonds. The predicted octanol–water partition coefficient (Wildman–Crippen LogP) is 3.14. The fourth-order valence-electron chi connectivity index (χ4n) is 3.05. The van der Waals surface area contributed by atoms with E-state index in [2.05, 4.69) is 23.1 Å². The molecule has 1 aliphatic rings. The second kappa shape index (κ2) is 9.04. The molecule has 1 aromatic rings. The van der Waals surface area contributed by atoms with Gasteiger partial charge < -0.3 is 10.1 Å². The lowest BCUT2D eigenvalue weighted by Crippen LogP contribution is -2.53. The summed E-state index contributed by atoms with van der Waals surface area (Å²) in [4.78, 5) is 12.2. The first-order chi connectivity index (χ1) is 11.9. The molecule has 0 bridgehead atoms. The van der Waals surface area contributed by atoms with Gasteiger partial charge in [-0.05, 0) is 68.9 Å². The molecule has 3 N–H and O–H groups in total. The van der Waals surface area contributed by atoms with Crippen LogP contribution in [0.3, 0.4) is 0 Å². The molecule has 1 fully saturated rings. The number of rotatable bonds is 4. The fourth-order valence-corrected chi connectivity index (χ4v) is 3.25. The second-order valence-corrected chi connectivity index (χ2v) is 7.32. The minimum absolute atomic E-state index is 0.262. The topological polar surface area (TPSA) is 62.4 Å². The largest absolute Gasteiger partial charge is 0.481 e. The molecule has 0 heterocycles. The first-order valence-electron chi connectivity index (χ1n) is 8.97. The number of amides is 1. The molecule has 138 valence electrons. The molecule has 0 aliphatic heterocycles. The zero-order chi connectivity index (χ0) is 18.4. The number of thiocarbonyl (C=S) groups is 1. The number of nitrogens with one attached hydrogen (secondary N) is 3. The van der Waals surface area contributed by atoms with Crippen molar-refractivity contribution in [1.82, 2.24) is 16.2 Å². The third-order valence-electron chi connectivity index (χ3n) is 4.96. The number of benzene rings is 1. The summed E-state index contributed by atoms with van der Waals surface area (Å²) in [6.45, 7) is 7.96. The lowest BCUT2D eigenvalue weighted by atomic mass is 9.86. The first kappa shape index (κ1) is 19.5. The van der Waals surface area contributed by atoms with E-state index in [0.717, 1.165) is 23.3 Å². The van der Waals surface area contributed by atoms with Crippen molar-refractivity contribution in [2.24, 2.45) is 5.92 Å². The quantitative estimate of drug-likeness (QED) is 0.567. The van der Waals surface area contributed by atoms with Crippen molar-refractivity contribution in [3.05, 3.63) is 29.3 Å². The van der Waals surface area contributed by atoms with E-state index < -0.39 is 6.10 Å². The van der Waals surface area contributed by atoms with Crippen molar-refractivity contribution < 1.29 is 9.53 Å². The minimum atomic E-state index is -0.621. The summed E-state index contributed by atoms with van der Waals surface area (Å²) in [5, 5.41) is 3.74. The zero-order valence-corrected chi connectivity index (χ0v) is 16.3. The Morgan fingerprint density at radius 2 is 1.96 bits per heavy atom. The van der Waals surface area contributed by atoms with E-state index in [1.807, 2.05) is 32.0 Å². The van der Waals surface area contributed by atoms with Gasteiger partial charge in [0.05, 0.1) is 0 Å². The molecule has 6 heteroatoms. The van der Waals surface area contributed by atoms with Crippen molar-refractivity contribution in [2.45, 2.75) is 65.5 Å². The van der Waals surface area contributed by atoms with Gasteiger partial charge in [0.15, 0.2) is 11.2 Å². The van der Waals surface area contributed by atoms with Gasteiger partial charge >= 0.3 is 0 Å². The molecule has 0 aromatic heterocycles. The standard InChI is InChI=1S/C19H29N3O2S/c1-12-9-7-11-17(14(12)3)24-15(4)18(23)21-22-19(25)20-16-10-6-5-8-13(16)2/h7,9,11,13,15-16H,5-6,8,10H2,1-4H3,(H,21,23)(H2,20,22,25)/t13-,15-,16+/m0/s1. The van der Waals surface area contributed by atoms with E-state index in [1.165, 1.54) is 19.3 Å². The van der Waals surface area contributed by atoms with Crippen LogP contribution in [0.15, 0.2) is 18.2 Å². The highest BCUT2D eigenvalue weighted by Gasteiger charge is 2.22. The average Bonchev–Trinajstić information content (AvgIpc) is 2.58. The van der Waals surface area contributed by atoms with E-state index >= 15 is 0 Å². The third kappa shape index (κ3) is 5.59. The average molecular weight is 364 g/mol. The van der Waals surface area contributed by atoms with E-state index in [1.54, 1.807) is 6.92 Å².